The number of halogens is 1. The van der Waals surface area contributed by atoms with E-state index >= 15 is 0 Å². The molecule has 0 bridgehead atoms. The van der Waals surface area contributed by atoms with E-state index in [4.69, 9.17) is 0 Å². The van der Waals surface area contributed by atoms with Gasteiger partial charge in [0.1, 0.15) is 0 Å². The highest BCUT2D eigenvalue weighted by Gasteiger charge is 2.08. The van der Waals surface area contributed by atoms with Gasteiger partial charge >= 0.3 is 0 Å². The molecule has 0 spiro atoms. The van der Waals surface area contributed by atoms with Gasteiger partial charge in [0.15, 0.2) is 5.95 Å². The topological polar surface area (TPSA) is 3.24 Å². The molecule has 0 aliphatic carbocycles. The number of allylic oxidation sites excluding steroid dienone is 2. The zero-order valence-electron chi connectivity index (χ0n) is 7.47. The molecule has 0 aromatic heterocycles. The Kier molecular flexibility index (Phi) is 4.59. The van der Waals surface area contributed by atoms with Crippen molar-refractivity contribution >= 4 is 0 Å². The second-order valence-corrected chi connectivity index (χ2v) is 2.59. The van der Waals surface area contributed by atoms with Crippen LogP contribution < -0.4 is 0 Å². The minimum Gasteiger partial charge on any atom is -0.349 e. The first-order valence-electron chi connectivity index (χ1n) is 3.84. The van der Waals surface area contributed by atoms with E-state index in [1.807, 2.05) is 13.8 Å². The maximum atomic E-state index is 13.0. The highest BCUT2D eigenvalue weighted by molar-refractivity contribution is 5.02. The Hall–Kier alpha value is -0.790. The van der Waals surface area contributed by atoms with Crippen LogP contribution in [0.5, 0.6) is 0 Å². The van der Waals surface area contributed by atoms with Gasteiger partial charge in [-0.05, 0) is 19.4 Å². The third-order valence-electron chi connectivity index (χ3n) is 1.84. The first-order chi connectivity index (χ1) is 5.13. The maximum absolute atomic E-state index is 13.0. The summed E-state index contributed by atoms with van der Waals surface area (Å²) < 4.78 is 13.0. The summed E-state index contributed by atoms with van der Waals surface area (Å²) in [6.45, 7) is 7.44. The zero-order chi connectivity index (χ0) is 8.85. The molecule has 11 heavy (non-hydrogen) atoms. The monoisotopic (exact) mass is 157 g/mol. The van der Waals surface area contributed by atoms with Crippen molar-refractivity contribution in [3.8, 4) is 0 Å². The number of hydrogen-bond donors (Lipinski definition) is 0. The predicted octanol–water partition coefficient (Wildman–Crippen LogP) is 2.71. The summed E-state index contributed by atoms with van der Waals surface area (Å²) in [6.07, 6.45) is 3.76. The molecule has 0 aromatic carbocycles. The lowest BCUT2D eigenvalue weighted by atomic mass is 10.2. The molecule has 1 unspecified atom stereocenters. The van der Waals surface area contributed by atoms with Gasteiger partial charge in [0, 0.05) is 13.1 Å². The number of nitrogens with zero attached hydrogens (tertiary/aromatic N) is 1. The lowest BCUT2D eigenvalue weighted by Crippen LogP contribution is -2.25. The largest absolute Gasteiger partial charge is 0.349 e. The molecule has 0 radical (unpaired) electrons. The molecule has 0 saturated carbocycles. The highest BCUT2D eigenvalue weighted by atomic mass is 19.1. The van der Waals surface area contributed by atoms with Crippen LogP contribution in [0.4, 0.5) is 4.39 Å². The molecular formula is C9H16FN. The fourth-order valence-corrected chi connectivity index (χ4v) is 0.699. The fourth-order valence-electron chi connectivity index (χ4n) is 0.699. The first kappa shape index (κ1) is 10.2. The molecule has 0 fully saturated rings. The summed E-state index contributed by atoms with van der Waals surface area (Å²) in [6, 6.07) is 0.242. The minimum atomic E-state index is -0.227. The SMILES string of the molecule is C=C/C=C(/F)N(C)C(C)CC. The van der Waals surface area contributed by atoms with Crippen LogP contribution in [0.25, 0.3) is 0 Å². The van der Waals surface area contributed by atoms with E-state index in [-0.39, 0.29) is 12.0 Å². The smallest absolute Gasteiger partial charge is 0.189 e. The van der Waals surface area contributed by atoms with Gasteiger partial charge in [0.25, 0.3) is 0 Å². The molecule has 2 heteroatoms. The molecule has 1 nitrogen and oxygen atoms in total. The van der Waals surface area contributed by atoms with Gasteiger partial charge in [0.05, 0.1) is 0 Å². The Morgan fingerprint density at radius 2 is 2.27 bits per heavy atom. The molecule has 0 amide bonds. The van der Waals surface area contributed by atoms with Crippen molar-refractivity contribution in [2.24, 2.45) is 0 Å². The second-order valence-electron chi connectivity index (χ2n) is 2.59. The molecule has 0 aromatic rings. The van der Waals surface area contributed by atoms with Gasteiger partial charge < -0.3 is 4.90 Å². The quantitative estimate of drug-likeness (QED) is 0.448. The molecule has 0 aliphatic heterocycles. The van der Waals surface area contributed by atoms with Crippen molar-refractivity contribution in [3.63, 3.8) is 0 Å². The van der Waals surface area contributed by atoms with Crippen LogP contribution in [-0.4, -0.2) is 18.0 Å². The van der Waals surface area contributed by atoms with E-state index in [2.05, 4.69) is 6.58 Å². The fraction of sp³-hybridized carbons (Fsp3) is 0.556. The van der Waals surface area contributed by atoms with E-state index < -0.39 is 0 Å². The van der Waals surface area contributed by atoms with Gasteiger partial charge in [-0.25, -0.2) is 0 Å². The summed E-state index contributed by atoms with van der Waals surface area (Å²) in [5.74, 6) is -0.227. The second kappa shape index (κ2) is 4.94. The van der Waals surface area contributed by atoms with Crippen LogP contribution in [0.15, 0.2) is 24.7 Å². The van der Waals surface area contributed by atoms with E-state index in [9.17, 15) is 4.39 Å². The van der Waals surface area contributed by atoms with Crippen molar-refractivity contribution in [1.82, 2.24) is 4.90 Å². The van der Waals surface area contributed by atoms with E-state index in [0.29, 0.717) is 0 Å². The van der Waals surface area contributed by atoms with Crippen LogP contribution in [-0.2, 0) is 0 Å². The first-order valence-corrected chi connectivity index (χ1v) is 3.84. The summed E-state index contributed by atoms with van der Waals surface area (Å²) in [7, 11) is 1.74. The Balaban J connectivity index is 4.11. The third-order valence-corrected chi connectivity index (χ3v) is 1.84. The minimum absolute atomic E-state index is 0.227. The van der Waals surface area contributed by atoms with Crippen LogP contribution in [0, 0.1) is 0 Å². The Labute approximate surface area is 68.2 Å². The van der Waals surface area contributed by atoms with Crippen molar-refractivity contribution in [1.29, 1.82) is 0 Å². The lowest BCUT2D eigenvalue weighted by Gasteiger charge is -2.23. The lowest BCUT2D eigenvalue weighted by molar-refractivity contribution is 0.250. The molecule has 64 valence electrons. The third kappa shape index (κ3) is 3.21. The molecule has 0 N–H and O–H groups in total. The molecule has 0 rings (SSSR count). The normalized spacial score (nSPS) is 14.4. The van der Waals surface area contributed by atoms with E-state index in [0.717, 1.165) is 6.42 Å². The summed E-state index contributed by atoms with van der Waals surface area (Å²) >= 11 is 0. The van der Waals surface area contributed by atoms with Crippen molar-refractivity contribution in [3.05, 3.63) is 24.7 Å². The number of rotatable bonds is 4. The molecular weight excluding hydrogens is 141 g/mol. The Bertz CT molecular complexity index is 152. The maximum Gasteiger partial charge on any atom is 0.189 e. The van der Waals surface area contributed by atoms with Crippen molar-refractivity contribution in [2.75, 3.05) is 7.05 Å². The van der Waals surface area contributed by atoms with Crippen molar-refractivity contribution < 1.29 is 4.39 Å². The van der Waals surface area contributed by atoms with Gasteiger partial charge in [-0.3, -0.25) is 0 Å². The van der Waals surface area contributed by atoms with Gasteiger partial charge in [-0.2, -0.15) is 4.39 Å². The molecule has 1 atom stereocenters. The van der Waals surface area contributed by atoms with Crippen molar-refractivity contribution in [2.45, 2.75) is 26.3 Å². The average Bonchev–Trinajstić information content (AvgIpc) is 2.02. The van der Waals surface area contributed by atoms with Crippen LogP contribution >= 0.6 is 0 Å². The summed E-state index contributed by atoms with van der Waals surface area (Å²) in [5.41, 5.74) is 0. The average molecular weight is 157 g/mol. The highest BCUT2D eigenvalue weighted by Crippen LogP contribution is 2.09. The van der Waals surface area contributed by atoms with Crippen LogP contribution in [0.2, 0.25) is 0 Å². The van der Waals surface area contributed by atoms with E-state index in [1.165, 1.54) is 12.2 Å². The van der Waals surface area contributed by atoms with Gasteiger partial charge in [0.2, 0.25) is 0 Å². The molecule has 0 heterocycles. The molecule has 0 aliphatic rings. The Morgan fingerprint density at radius 3 is 2.64 bits per heavy atom. The van der Waals surface area contributed by atoms with E-state index in [1.54, 1.807) is 11.9 Å². The number of hydrogen-bond acceptors (Lipinski definition) is 1. The molecule has 0 saturated heterocycles. The standard InChI is InChI=1S/C9H16FN/c1-5-7-9(10)11(4)8(3)6-2/h5,7-8H,1,6H2,2-4H3/b9-7-. The zero-order valence-corrected chi connectivity index (χ0v) is 7.47. The van der Waals surface area contributed by atoms with Crippen LogP contribution in [0.3, 0.4) is 0 Å². The van der Waals surface area contributed by atoms with Crippen LogP contribution in [0.1, 0.15) is 20.3 Å². The Morgan fingerprint density at radius 1 is 1.73 bits per heavy atom. The summed E-state index contributed by atoms with van der Waals surface area (Å²) in [4.78, 5) is 1.60. The van der Waals surface area contributed by atoms with Gasteiger partial charge in [-0.1, -0.05) is 19.6 Å². The van der Waals surface area contributed by atoms with Gasteiger partial charge in [-0.15, -0.1) is 0 Å². The summed E-state index contributed by atoms with van der Waals surface area (Å²) in [5, 5.41) is 0. The predicted molar refractivity (Wildman–Crippen MR) is 46.9 cm³/mol.